The van der Waals surface area contributed by atoms with Crippen LogP contribution in [0.2, 0.25) is 0 Å². The van der Waals surface area contributed by atoms with Crippen molar-refractivity contribution in [3.8, 4) is 0 Å². The summed E-state index contributed by atoms with van der Waals surface area (Å²) in [5, 5.41) is 0. The van der Waals surface area contributed by atoms with Gasteiger partial charge in [-0.05, 0) is 19.3 Å². The lowest BCUT2D eigenvalue weighted by Gasteiger charge is -2.24. The zero-order valence-electron chi connectivity index (χ0n) is 7.58. The van der Waals surface area contributed by atoms with Gasteiger partial charge in [0, 0.05) is 0 Å². The van der Waals surface area contributed by atoms with E-state index < -0.39 is 6.04 Å². The first kappa shape index (κ1) is 9.52. The molecule has 1 aliphatic carbocycles. The standard InChI is InChI=1S/C9H17NO2/c1-7(10)9(11)12-6-5-8-3-2-4-8/h7-8H,2-6,10H2,1H3/t7-/m1/s1. The van der Waals surface area contributed by atoms with E-state index in [0.29, 0.717) is 6.61 Å². The Morgan fingerprint density at radius 1 is 1.67 bits per heavy atom. The fraction of sp³-hybridized carbons (Fsp3) is 0.889. The quantitative estimate of drug-likeness (QED) is 0.644. The predicted octanol–water partition coefficient (Wildman–Crippen LogP) is 1.07. The Kier molecular flexibility index (Phi) is 3.53. The number of rotatable bonds is 4. The maximum atomic E-state index is 10.9. The molecule has 2 N–H and O–H groups in total. The van der Waals surface area contributed by atoms with Crippen molar-refractivity contribution in [3.63, 3.8) is 0 Å². The van der Waals surface area contributed by atoms with Gasteiger partial charge < -0.3 is 10.5 Å². The highest BCUT2D eigenvalue weighted by Crippen LogP contribution is 2.29. The molecule has 0 aromatic rings. The van der Waals surface area contributed by atoms with E-state index >= 15 is 0 Å². The van der Waals surface area contributed by atoms with Gasteiger partial charge in [-0.2, -0.15) is 0 Å². The highest BCUT2D eigenvalue weighted by molar-refractivity contribution is 5.74. The van der Waals surface area contributed by atoms with E-state index in [2.05, 4.69) is 0 Å². The van der Waals surface area contributed by atoms with Crippen molar-refractivity contribution < 1.29 is 9.53 Å². The first-order valence-corrected chi connectivity index (χ1v) is 4.62. The second kappa shape index (κ2) is 4.45. The van der Waals surface area contributed by atoms with Crippen molar-refractivity contribution in [1.82, 2.24) is 0 Å². The van der Waals surface area contributed by atoms with E-state index in [1.807, 2.05) is 0 Å². The average Bonchev–Trinajstić information content (AvgIpc) is 1.93. The highest BCUT2D eigenvalue weighted by atomic mass is 16.5. The number of carbonyl (C=O) groups is 1. The van der Waals surface area contributed by atoms with Gasteiger partial charge in [0.1, 0.15) is 6.04 Å². The van der Waals surface area contributed by atoms with Crippen molar-refractivity contribution in [1.29, 1.82) is 0 Å². The van der Waals surface area contributed by atoms with E-state index in [9.17, 15) is 4.79 Å². The molecule has 0 aliphatic heterocycles. The Bertz CT molecular complexity index is 153. The van der Waals surface area contributed by atoms with Gasteiger partial charge in [-0.15, -0.1) is 0 Å². The third kappa shape index (κ3) is 2.81. The molecule has 0 unspecified atom stereocenters. The zero-order valence-corrected chi connectivity index (χ0v) is 7.58. The Morgan fingerprint density at radius 3 is 2.75 bits per heavy atom. The average molecular weight is 171 g/mol. The second-order valence-electron chi connectivity index (χ2n) is 3.54. The summed E-state index contributed by atoms with van der Waals surface area (Å²) >= 11 is 0. The van der Waals surface area contributed by atoms with Crippen molar-refractivity contribution in [2.45, 2.75) is 38.6 Å². The molecule has 1 fully saturated rings. The molecular formula is C9H17NO2. The lowest BCUT2D eigenvalue weighted by atomic mass is 9.83. The third-order valence-corrected chi connectivity index (χ3v) is 2.37. The maximum absolute atomic E-state index is 10.9. The molecule has 0 aromatic heterocycles. The number of esters is 1. The van der Waals surface area contributed by atoms with E-state index in [0.717, 1.165) is 12.3 Å². The molecule has 0 bridgehead atoms. The molecule has 0 heterocycles. The summed E-state index contributed by atoms with van der Waals surface area (Å²) in [6, 6.07) is -0.480. The summed E-state index contributed by atoms with van der Waals surface area (Å²) in [4.78, 5) is 10.9. The normalized spacial score (nSPS) is 19.8. The summed E-state index contributed by atoms with van der Waals surface area (Å²) in [5.74, 6) is 0.514. The summed E-state index contributed by atoms with van der Waals surface area (Å²) < 4.78 is 4.95. The van der Waals surface area contributed by atoms with E-state index in [4.69, 9.17) is 10.5 Å². The number of ether oxygens (including phenoxy) is 1. The van der Waals surface area contributed by atoms with Gasteiger partial charge in [0.05, 0.1) is 6.61 Å². The SMILES string of the molecule is C[C@@H](N)C(=O)OCCC1CCC1. The number of nitrogens with two attached hydrogens (primary N) is 1. The minimum absolute atomic E-state index is 0.283. The van der Waals surface area contributed by atoms with Crippen molar-refractivity contribution in [2.75, 3.05) is 6.61 Å². The van der Waals surface area contributed by atoms with Crippen LogP contribution in [0, 0.1) is 5.92 Å². The van der Waals surface area contributed by atoms with Crippen LogP contribution in [0.4, 0.5) is 0 Å². The maximum Gasteiger partial charge on any atom is 0.322 e. The molecule has 0 aromatic carbocycles. The minimum atomic E-state index is -0.480. The Balaban J connectivity index is 1.97. The molecule has 0 saturated heterocycles. The van der Waals surface area contributed by atoms with Gasteiger partial charge in [0.2, 0.25) is 0 Å². The molecule has 0 radical (unpaired) electrons. The van der Waals surface area contributed by atoms with Crippen molar-refractivity contribution >= 4 is 5.97 Å². The number of carbonyl (C=O) groups excluding carboxylic acids is 1. The van der Waals surface area contributed by atoms with Crippen molar-refractivity contribution in [2.24, 2.45) is 11.7 Å². The molecule has 3 nitrogen and oxygen atoms in total. The molecule has 0 amide bonds. The minimum Gasteiger partial charge on any atom is -0.465 e. The molecule has 1 rings (SSSR count). The Morgan fingerprint density at radius 2 is 2.33 bits per heavy atom. The lowest BCUT2D eigenvalue weighted by molar-refractivity contribution is -0.145. The first-order chi connectivity index (χ1) is 5.70. The lowest BCUT2D eigenvalue weighted by Crippen LogP contribution is -2.29. The summed E-state index contributed by atoms with van der Waals surface area (Å²) in [7, 11) is 0. The number of hydrogen-bond donors (Lipinski definition) is 1. The topological polar surface area (TPSA) is 52.3 Å². The molecule has 70 valence electrons. The van der Waals surface area contributed by atoms with Gasteiger partial charge in [0.25, 0.3) is 0 Å². The van der Waals surface area contributed by atoms with E-state index in [1.54, 1.807) is 6.92 Å². The van der Waals surface area contributed by atoms with Gasteiger partial charge in [0.15, 0.2) is 0 Å². The summed E-state index contributed by atoms with van der Waals surface area (Å²) in [5.41, 5.74) is 5.32. The van der Waals surface area contributed by atoms with Gasteiger partial charge in [-0.3, -0.25) is 4.79 Å². The third-order valence-electron chi connectivity index (χ3n) is 2.37. The molecule has 1 aliphatic rings. The number of hydrogen-bond acceptors (Lipinski definition) is 3. The molecular weight excluding hydrogens is 154 g/mol. The molecule has 0 spiro atoms. The first-order valence-electron chi connectivity index (χ1n) is 4.62. The molecule has 1 saturated carbocycles. The van der Waals surface area contributed by atoms with Crippen LogP contribution >= 0.6 is 0 Å². The van der Waals surface area contributed by atoms with E-state index in [1.165, 1.54) is 19.3 Å². The summed E-state index contributed by atoms with van der Waals surface area (Å²) in [6.45, 7) is 2.19. The van der Waals surface area contributed by atoms with Crippen LogP contribution in [0.5, 0.6) is 0 Å². The molecule has 1 atom stereocenters. The summed E-state index contributed by atoms with van der Waals surface area (Å²) in [6.07, 6.45) is 4.95. The zero-order chi connectivity index (χ0) is 8.97. The molecule has 3 heteroatoms. The van der Waals surface area contributed by atoms with Crippen molar-refractivity contribution in [3.05, 3.63) is 0 Å². The van der Waals surface area contributed by atoms with Gasteiger partial charge >= 0.3 is 5.97 Å². The van der Waals surface area contributed by atoms with Crippen LogP contribution in [-0.2, 0) is 9.53 Å². The van der Waals surface area contributed by atoms with Gasteiger partial charge in [-0.1, -0.05) is 19.3 Å². The van der Waals surface area contributed by atoms with Crippen LogP contribution in [0.3, 0.4) is 0 Å². The smallest absolute Gasteiger partial charge is 0.322 e. The molecule has 12 heavy (non-hydrogen) atoms. The van der Waals surface area contributed by atoms with Crippen LogP contribution in [0.15, 0.2) is 0 Å². The van der Waals surface area contributed by atoms with Gasteiger partial charge in [-0.25, -0.2) is 0 Å². The van der Waals surface area contributed by atoms with Crippen LogP contribution in [-0.4, -0.2) is 18.6 Å². The van der Waals surface area contributed by atoms with E-state index in [-0.39, 0.29) is 5.97 Å². The largest absolute Gasteiger partial charge is 0.465 e. The predicted molar refractivity (Wildman–Crippen MR) is 46.6 cm³/mol. The van der Waals surface area contributed by atoms with Crippen LogP contribution in [0.1, 0.15) is 32.6 Å². The van der Waals surface area contributed by atoms with Crippen LogP contribution in [0.25, 0.3) is 0 Å². The fourth-order valence-corrected chi connectivity index (χ4v) is 1.24. The Hall–Kier alpha value is -0.570. The van der Waals surface area contributed by atoms with Crippen LogP contribution < -0.4 is 5.73 Å². The second-order valence-corrected chi connectivity index (χ2v) is 3.54. The fourth-order valence-electron chi connectivity index (χ4n) is 1.24. The highest BCUT2D eigenvalue weighted by Gasteiger charge is 2.17. The monoisotopic (exact) mass is 171 g/mol. The Labute approximate surface area is 73.3 Å².